The lowest BCUT2D eigenvalue weighted by molar-refractivity contribution is -0.140. The van der Waals surface area contributed by atoms with Gasteiger partial charge in [0.25, 0.3) is 0 Å². The van der Waals surface area contributed by atoms with E-state index in [2.05, 4.69) is 4.74 Å². The maximum absolute atomic E-state index is 11.2. The normalized spacial score (nSPS) is 10.3. The fourth-order valence-corrected chi connectivity index (χ4v) is 2.47. The number of carbonyl (C=O) groups is 1. The van der Waals surface area contributed by atoms with Crippen molar-refractivity contribution in [2.45, 2.75) is 12.8 Å². The Hall–Kier alpha value is -1.91. The highest BCUT2D eigenvalue weighted by atomic mass is 35.5. The first-order valence-electron chi connectivity index (χ1n) is 6.57. The molecule has 0 unspecified atom stereocenters. The van der Waals surface area contributed by atoms with Crippen LogP contribution in [0, 0.1) is 0 Å². The largest absolute Gasteiger partial charge is 0.469 e. The van der Waals surface area contributed by atoms with Gasteiger partial charge in [0.05, 0.1) is 17.2 Å². The summed E-state index contributed by atoms with van der Waals surface area (Å²) < 4.78 is 10.3. The van der Waals surface area contributed by atoms with E-state index in [1.807, 2.05) is 0 Å². The topological polar surface area (TPSA) is 61.5 Å². The van der Waals surface area contributed by atoms with Gasteiger partial charge in [0, 0.05) is 12.1 Å². The van der Waals surface area contributed by atoms with Crippen LogP contribution in [0.5, 0.6) is 11.5 Å². The van der Waals surface area contributed by atoms with Crippen LogP contribution in [0.3, 0.4) is 0 Å². The summed E-state index contributed by atoms with van der Waals surface area (Å²) in [5.41, 5.74) is 7.10. The van der Waals surface area contributed by atoms with Crippen molar-refractivity contribution in [1.82, 2.24) is 0 Å². The summed E-state index contributed by atoms with van der Waals surface area (Å²) in [6.07, 6.45) is 0.760. The Morgan fingerprint density at radius 3 is 2.27 bits per heavy atom. The van der Waals surface area contributed by atoms with E-state index in [1.54, 1.807) is 36.4 Å². The lowest BCUT2D eigenvalue weighted by Crippen LogP contribution is -2.02. The predicted molar refractivity (Wildman–Crippen MR) is 87.7 cm³/mol. The number of nitrogen functional groups attached to an aromatic ring is 1. The molecule has 2 aromatic carbocycles. The van der Waals surface area contributed by atoms with Crippen LogP contribution in [0.1, 0.15) is 12.0 Å². The molecule has 0 saturated heterocycles. The molecule has 4 nitrogen and oxygen atoms in total. The number of hydrogen-bond acceptors (Lipinski definition) is 4. The van der Waals surface area contributed by atoms with Gasteiger partial charge in [-0.2, -0.15) is 0 Å². The minimum absolute atomic E-state index is 0.265. The molecule has 2 aromatic rings. The molecule has 2 rings (SSSR count). The number of ether oxygens (including phenoxy) is 2. The van der Waals surface area contributed by atoms with E-state index in [0.29, 0.717) is 33.7 Å². The fourth-order valence-electron chi connectivity index (χ4n) is 1.86. The highest BCUT2D eigenvalue weighted by molar-refractivity contribution is 6.37. The Morgan fingerprint density at radius 1 is 1.14 bits per heavy atom. The van der Waals surface area contributed by atoms with Crippen LogP contribution >= 0.6 is 23.2 Å². The van der Waals surface area contributed by atoms with Crippen molar-refractivity contribution >= 4 is 34.9 Å². The molecule has 0 spiro atoms. The number of methoxy groups -OCH3 is 1. The third-order valence-corrected chi connectivity index (χ3v) is 3.57. The first-order chi connectivity index (χ1) is 10.5. The Morgan fingerprint density at radius 2 is 1.73 bits per heavy atom. The highest BCUT2D eigenvalue weighted by Crippen LogP contribution is 2.37. The van der Waals surface area contributed by atoms with Crippen LogP contribution in [-0.4, -0.2) is 13.1 Å². The number of anilines is 1. The van der Waals surface area contributed by atoms with Gasteiger partial charge in [-0.1, -0.05) is 23.2 Å². The van der Waals surface area contributed by atoms with Gasteiger partial charge in [-0.15, -0.1) is 0 Å². The van der Waals surface area contributed by atoms with Crippen LogP contribution in [0.25, 0.3) is 0 Å². The molecular weight excluding hydrogens is 325 g/mol. The van der Waals surface area contributed by atoms with Gasteiger partial charge in [0.1, 0.15) is 5.75 Å². The molecule has 116 valence electrons. The van der Waals surface area contributed by atoms with Crippen molar-refractivity contribution in [3.05, 3.63) is 52.0 Å². The molecule has 0 aromatic heterocycles. The first kappa shape index (κ1) is 16.5. The molecule has 0 saturated carbocycles. The molecule has 0 radical (unpaired) electrons. The summed E-state index contributed by atoms with van der Waals surface area (Å²) in [5, 5.41) is 0.758. The zero-order valence-corrected chi connectivity index (χ0v) is 13.4. The predicted octanol–water partition coefficient (Wildman–Crippen LogP) is 4.47. The van der Waals surface area contributed by atoms with Crippen molar-refractivity contribution in [1.29, 1.82) is 0 Å². The number of carbonyl (C=O) groups excluding carboxylic acids is 1. The van der Waals surface area contributed by atoms with E-state index in [1.165, 1.54) is 7.11 Å². The van der Waals surface area contributed by atoms with Crippen molar-refractivity contribution in [2.24, 2.45) is 0 Å². The van der Waals surface area contributed by atoms with Gasteiger partial charge in [0.15, 0.2) is 5.75 Å². The molecule has 2 N–H and O–H groups in total. The first-order valence-corrected chi connectivity index (χ1v) is 7.33. The minimum Gasteiger partial charge on any atom is -0.469 e. The molecule has 0 aliphatic carbocycles. The van der Waals surface area contributed by atoms with E-state index in [0.717, 1.165) is 5.56 Å². The third kappa shape index (κ3) is 4.29. The quantitative estimate of drug-likeness (QED) is 0.644. The van der Waals surface area contributed by atoms with Crippen LogP contribution in [0.4, 0.5) is 5.69 Å². The van der Waals surface area contributed by atoms with Gasteiger partial charge in [-0.3, -0.25) is 4.79 Å². The van der Waals surface area contributed by atoms with Gasteiger partial charge in [0.2, 0.25) is 0 Å². The zero-order chi connectivity index (χ0) is 16.1. The average molecular weight is 340 g/mol. The van der Waals surface area contributed by atoms with Crippen molar-refractivity contribution < 1.29 is 14.3 Å². The molecule has 0 aliphatic heterocycles. The second kappa shape index (κ2) is 7.38. The number of benzene rings is 2. The lowest BCUT2D eigenvalue weighted by Gasteiger charge is -2.11. The smallest absolute Gasteiger partial charge is 0.305 e. The van der Waals surface area contributed by atoms with E-state index in [4.69, 9.17) is 33.7 Å². The number of esters is 1. The summed E-state index contributed by atoms with van der Waals surface area (Å²) in [4.78, 5) is 11.2. The van der Waals surface area contributed by atoms with Crippen LogP contribution in [0.15, 0.2) is 36.4 Å². The van der Waals surface area contributed by atoms with Gasteiger partial charge in [-0.25, -0.2) is 0 Å². The summed E-state index contributed by atoms with van der Waals surface area (Å²) in [5.74, 6) is 0.671. The Balaban J connectivity index is 2.16. The van der Waals surface area contributed by atoms with Crippen molar-refractivity contribution in [2.75, 3.05) is 12.8 Å². The highest BCUT2D eigenvalue weighted by Gasteiger charge is 2.12. The zero-order valence-electron chi connectivity index (χ0n) is 11.9. The molecule has 6 heteroatoms. The summed E-state index contributed by atoms with van der Waals surface area (Å²) in [7, 11) is 1.35. The fraction of sp³-hybridized carbons (Fsp3) is 0.188. The number of rotatable bonds is 5. The molecule has 0 heterocycles. The van der Waals surface area contributed by atoms with Crippen LogP contribution in [0.2, 0.25) is 10.0 Å². The van der Waals surface area contributed by atoms with Crippen molar-refractivity contribution in [3.63, 3.8) is 0 Å². The van der Waals surface area contributed by atoms with Gasteiger partial charge < -0.3 is 15.2 Å². The SMILES string of the molecule is COC(=O)CCc1cc(Cl)c(Oc2ccc(N)cc2)c(Cl)c1. The number of nitrogens with two attached hydrogens (primary N) is 1. The monoisotopic (exact) mass is 339 g/mol. The molecule has 22 heavy (non-hydrogen) atoms. The van der Waals surface area contributed by atoms with Gasteiger partial charge >= 0.3 is 5.97 Å². The van der Waals surface area contributed by atoms with E-state index in [9.17, 15) is 4.79 Å². The molecular formula is C16H15Cl2NO3. The summed E-state index contributed by atoms with van der Waals surface area (Å²) >= 11 is 12.4. The molecule has 0 fully saturated rings. The lowest BCUT2D eigenvalue weighted by atomic mass is 10.1. The maximum Gasteiger partial charge on any atom is 0.305 e. The van der Waals surface area contributed by atoms with E-state index < -0.39 is 0 Å². The van der Waals surface area contributed by atoms with E-state index in [-0.39, 0.29) is 12.4 Å². The molecule has 0 amide bonds. The Kier molecular flexibility index (Phi) is 5.52. The summed E-state index contributed by atoms with van der Waals surface area (Å²) in [6.45, 7) is 0. The Bertz CT molecular complexity index is 649. The Labute approximate surface area is 138 Å². The van der Waals surface area contributed by atoms with Gasteiger partial charge in [-0.05, 0) is 48.4 Å². The maximum atomic E-state index is 11.2. The number of hydrogen-bond donors (Lipinski definition) is 1. The van der Waals surface area contributed by atoms with Crippen LogP contribution in [-0.2, 0) is 16.0 Å². The minimum atomic E-state index is -0.283. The van der Waals surface area contributed by atoms with Crippen LogP contribution < -0.4 is 10.5 Å². The number of aryl methyl sites for hydroxylation is 1. The van der Waals surface area contributed by atoms with E-state index >= 15 is 0 Å². The average Bonchev–Trinajstić information content (AvgIpc) is 2.50. The van der Waals surface area contributed by atoms with Crippen molar-refractivity contribution in [3.8, 4) is 11.5 Å². The second-order valence-corrected chi connectivity index (χ2v) is 5.45. The second-order valence-electron chi connectivity index (χ2n) is 4.64. The third-order valence-electron chi connectivity index (χ3n) is 3.00. The number of halogens is 2. The molecule has 0 atom stereocenters. The molecule has 0 aliphatic rings. The molecule has 0 bridgehead atoms. The summed E-state index contributed by atoms with van der Waals surface area (Å²) in [6, 6.07) is 10.4. The standard InChI is InChI=1S/C16H15Cl2NO3/c1-21-15(20)7-2-10-8-13(17)16(14(18)9-10)22-12-5-3-11(19)4-6-12/h3-6,8-9H,2,7,19H2,1H3.